The fourth-order valence-corrected chi connectivity index (χ4v) is 0.913. The third kappa shape index (κ3) is 5.34. The van der Waals surface area contributed by atoms with Gasteiger partial charge in [-0.3, -0.25) is 0 Å². The molecule has 6 heteroatoms. The molecule has 0 unspecified atom stereocenters. The second-order valence-corrected chi connectivity index (χ2v) is 3.19. The highest BCUT2D eigenvalue weighted by molar-refractivity contribution is 6.42. The fourth-order valence-electron chi connectivity index (χ4n) is 0.617. The van der Waals surface area contributed by atoms with Crippen molar-refractivity contribution < 1.29 is 9.90 Å². The molecule has 1 rings (SSSR count). The minimum atomic E-state index is -0.157. The average molecular weight is 251 g/mol. The normalized spacial score (nSPS) is 8.53. The van der Waals surface area contributed by atoms with Crippen LogP contribution in [0.2, 0.25) is 10.0 Å². The maximum atomic E-state index is 9.96. The van der Waals surface area contributed by atoms with E-state index in [-0.39, 0.29) is 16.8 Å². The smallest absolute Gasteiger partial charge is 0.314 e. The topological polar surface area (TPSA) is 61.4 Å². The van der Waals surface area contributed by atoms with Crippen molar-refractivity contribution in [3.8, 4) is 5.75 Å². The zero-order valence-corrected chi connectivity index (χ0v) is 9.86. The van der Waals surface area contributed by atoms with E-state index in [1.807, 2.05) is 0 Å². The van der Waals surface area contributed by atoms with Gasteiger partial charge in [0.15, 0.2) is 0 Å². The van der Waals surface area contributed by atoms with Gasteiger partial charge < -0.3 is 15.7 Å². The Morgan fingerprint density at radius 3 is 2.07 bits per heavy atom. The van der Waals surface area contributed by atoms with Crippen molar-refractivity contribution in [2.45, 2.75) is 0 Å². The van der Waals surface area contributed by atoms with Crippen LogP contribution in [-0.4, -0.2) is 25.2 Å². The van der Waals surface area contributed by atoms with Crippen LogP contribution in [0.5, 0.6) is 5.75 Å². The van der Waals surface area contributed by atoms with Gasteiger partial charge in [-0.1, -0.05) is 29.3 Å². The Morgan fingerprint density at radius 1 is 1.27 bits per heavy atom. The molecule has 15 heavy (non-hydrogen) atoms. The molecule has 0 aliphatic carbocycles. The van der Waals surface area contributed by atoms with Crippen molar-refractivity contribution in [3.05, 3.63) is 28.2 Å². The summed E-state index contributed by atoms with van der Waals surface area (Å²) in [5.41, 5.74) is 0. The highest BCUT2D eigenvalue weighted by Crippen LogP contribution is 2.29. The molecule has 0 fully saturated rings. The molecule has 84 valence electrons. The monoisotopic (exact) mass is 250 g/mol. The highest BCUT2D eigenvalue weighted by atomic mass is 35.5. The Morgan fingerprint density at radius 2 is 1.80 bits per heavy atom. The molecule has 0 aliphatic rings. The van der Waals surface area contributed by atoms with Gasteiger partial charge in [-0.05, 0) is 12.1 Å². The number of urea groups is 1. The van der Waals surface area contributed by atoms with E-state index in [0.717, 1.165) is 0 Å². The number of amides is 2. The summed E-state index contributed by atoms with van der Waals surface area (Å²) in [5.74, 6) is 0.0177. The predicted molar refractivity (Wildman–Crippen MR) is 61.6 cm³/mol. The molecule has 0 bridgehead atoms. The summed E-state index contributed by atoms with van der Waals surface area (Å²) in [6.45, 7) is 0. The van der Waals surface area contributed by atoms with Crippen LogP contribution >= 0.6 is 23.2 Å². The molecule has 0 radical (unpaired) electrons. The number of phenolic OH excluding ortho intramolecular Hbond substituents is 1. The molecule has 0 aromatic heterocycles. The lowest BCUT2D eigenvalue weighted by atomic mass is 10.3. The lowest BCUT2D eigenvalue weighted by Crippen LogP contribution is -2.28. The van der Waals surface area contributed by atoms with Gasteiger partial charge in [-0.25, -0.2) is 4.79 Å². The summed E-state index contributed by atoms with van der Waals surface area (Å²) in [6.07, 6.45) is 0. The molecule has 4 nitrogen and oxygen atoms in total. The number of rotatable bonds is 0. The Balaban J connectivity index is 0.000000288. The summed E-state index contributed by atoms with van der Waals surface area (Å²) < 4.78 is 0. The van der Waals surface area contributed by atoms with Gasteiger partial charge in [0.05, 0.1) is 5.02 Å². The molecule has 0 spiro atoms. The van der Waals surface area contributed by atoms with Crippen LogP contribution in [-0.2, 0) is 0 Å². The Kier molecular flexibility index (Phi) is 6.66. The van der Waals surface area contributed by atoms with Crippen LogP contribution in [0.1, 0.15) is 0 Å². The molecular weight excluding hydrogens is 239 g/mol. The second-order valence-electron chi connectivity index (χ2n) is 2.40. The molecule has 0 saturated heterocycles. The first-order valence-electron chi connectivity index (χ1n) is 4.05. The van der Waals surface area contributed by atoms with Crippen molar-refractivity contribution >= 4 is 29.2 Å². The van der Waals surface area contributed by atoms with Crippen LogP contribution in [0, 0.1) is 0 Å². The van der Waals surface area contributed by atoms with Crippen LogP contribution in [0.3, 0.4) is 0 Å². The van der Waals surface area contributed by atoms with Crippen LogP contribution in [0.15, 0.2) is 18.2 Å². The molecule has 0 saturated carbocycles. The van der Waals surface area contributed by atoms with Crippen LogP contribution in [0.25, 0.3) is 0 Å². The maximum Gasteiger partial charge on any atom is 0.314 e. The molecule has 0 aliphatic heterocycles. The number of aromatic hydroxyl groups is 1. The first-order valence-corrected chi connectivity index (χ1v) is 4.81. The summed E-state index contributed by atoms with van der Waals surface area (Å²) in [4.78, 5) is 9.96. The summed E-state index contributed by atoms with van der Waals surface area (Å²) in [5, 5.41) is 14.2. The minimum Gasteiger partial charge on any atom is -0.506 e. The van der Waals surface area contributed by atoms with Crippen molar-refractivity contribution in [2.75, 3.05) is 14.1 Å². The van der Waals surface area contributed by atoms with Gasteiger partial charge in [0, 0.05) is 14.1 Å². The molecule has 1 aromatic rings. The Hall–Kier alpha value is -1.13. The lowest BCUT2D eigenvalue weighted by molar-refractivity contribution is 0.245. The number of hydrogen-bond acceptors (Lipinski definition) is 2. The number of halogens is 2. The number of benzene rings is 1. The Labute approximate surface area is 98.2 Å². The van der Waals surface area contributed by atoms with Crippen LogP contribution < -0.4 is 10.6 Å². The number of hydrogen-bond donors (Lipinski definition) is 3. The molecule has 1 aromatic carbocycles. The molecule has 0 heterocycles. The summed E-state index contributed by atoms with van der Waals surface area (Å²) in [6, 6.07) is 4.57. The lowest BCUT2D eigenvalue weighted by Gasteiger charge is -1.95. The maximum absolute atomic E-state index is 9.96. The SMILES string of the molecule is CNC(=O)NC.Oc1cccc(Cl)c1Cl. The largest absolute Gasteiger partial charge is 0.506 e. The standard InChI is InChI=1S/C6H4Cl2O.C3H8N2O/c7-4-2-1-3-5(9)6(4)8;1-4-3(6)5-2/h1-3,9H;1-2H3,(H2,4,5,6). The minimum absolute atomic E-state index is 0.0177. The van der Waals surface area contributed by atoms with Crippen LogP contribution in [0.4, 0.5) is 4.79 Å². The first kappa shape index (κ1) is 13.9. The zero-order chi connectivity index (χ0) is 11.8. The third-order valence-corrected chi connectivity index (χ3v) is 2.19. The summed E-state index contributed by atoms with van der Waals surface area (Å²) >= 11 is 11.0. The average Bonchev–Trinajstić information content (AvgIpc) is 2.25. The molecule has 2 amide bonds. The van der Waals surface area contributed by atoms with E-state index in [9.17, 15) is 4.79 Å². The predicted octanol–water partition coefficient (Wildman–Crippen LogP) is 2.24. The van der Waals surface area contributed by atoms with Gasteiger partial charge in [-0.15, -0.1) is 0 Å². The van der Waals surface area contributed by atoms with E-state index in [2.05, 4.69) is 10.6 Å². The van der Waals surface area contributed by atoms with Crippen molar-refractivity contribution in [3.63, 3.8) is 0 Å². The van der Waals surface area contributed by atoms with Gasteiger partial charge in [-0.2, -0.15) is 0 Å². The quantitative estimate of drug-likeness (QED) is 0.662. The van der Waals surface area contributed by atoms with Crippen molar-refractivity contribution in [1.29, 1.82) is 0 Å². The fraction of sp³-hybridized carbons (Fsp3) is 0.222. The highest BCUT2D eigenvalue weighted by Gasteiger charge is 1.99. The van der Waals surface area contributed by atoms with Gasteiger partial charge in [0.1, 0.15) is 10.8 Å². The van der Waals surface area contributed by atoms with Crippen molar-refractivity contribution in [1.82, 2.24) is 10.6 Å². The second kappa shape index (κ2) is 7.20. The number of carbonyl (C=O) groups excluding carboxylic acids is 1. The Bertz CT molecular complexity index is 306. The molecule has 0 atom stereocenters. The number of nitrogens with one attached hydrogen (secondary N) is 2. The van der Waals surface area contributed by atoms with Gasteiger partial charge >= 0.3 is 6.03 Å². The van der Waals surface area contributed by atoms with E-state index < -0.39 is 0 Å². The van der Waals surface area contributed by atoms with Gasteiger partial charge in [0.25, 0.3) is 0 Å². The number of phenols is 1. The first-order chi connectivity index (χ1) is 7.02. The van der Waals surface area contributed by atoms with E-state index in [1.165, 1.54) is 6.07 Å². The third-order valence-electron chi connectivity index (χ3n) is 1.39. The number of carbonyl (C=O) groups is 1. The van der Waals surface area contributed by atoms with E-state index >= 15 is 0 Å². The van der Waals surface area contributed by atoms with E-state index in [4.69, 9.17) is 28.3 Å². The van der Waals surface area contributed by atoms with Gasteiger partial charge in [0.2, 0.25) is 0 Å². The molecular formula is C9H12Cl2N2O2. The van der Waals surface area contributed by atoms with E-state index in [1.54, 1.807) is 26.2 Å². The van der Waals surface area contributed by atoms with Crippen molar-refractivity contribution in [2.24, 2.45) is 0 Å². The zero-order valence-electron chi connectivity index (χ0n) is 8.34. The summed E-state index contributed by atoms with van der Waals surface area (Å²) in [7, 11) is 3.14. The van der Waals surface area contributed by atoms with E-state index in [0.29, 0.717) is 5.02 Å². The molecule has 3 N–H and O–H groups in total.